The van der Waals surface area contributed by atoms with E-state index in [-0.39, 0.29) is 6.42 Å². The summed E-state index contributed by atoms with van der Waals surface area (Å²) in [5, 5.41) is 298. The zero-order valence-electron chi connectivity index (χ0n) is 84.3. The second-order valence-corrected chi connectivity index (χ2v) is 39.2. The Bertz CT molecular complexity index is 3920. The van der Waals surface area contributed by atoms with Gasteiger partial charge in [-0.2, -0.15) is 0 Å². The maximum atomic E-state index is 14.6. The average Bonchev–Trinajstić information content (AvgIpc) is 0.742. The summed E-state index contributed by atoms with van der Waals surface area (Å²) < 4.78 is 84.6. The molecule has 0 bridgehead atoms. The molecule has 0 saturated carbocycles. The number of aliphatic hydroxyl groups excluding tert-OH is 22. The average molecular weight is 2130 g/mol. The molecular weight excluding hydrogens is 1960 g/mol. The van der Waals surface area contributed by atoms with Gasteiger partial charge in [0.25, 0.3) is 17.4 Å². The number of rotatable bonds is 66. The molecule has 40 unspecified atom stereocenters. The molecule has 52 heteroatoms. The molecule has 40 atom stereocenters. The number of carbonyl (C=O) groups excluding carboxylic acids is 5. The number of hydrogen-bond acceptors (Lipinski definition) is 44. The first-order valence-electron chi connectivity index (χ1n) is 51.4. The summed E-state index contributed by atoms with van der Waals surface area (Å²) in [5.74, 6) is -22.1. The fourth-order valence-electron chi connectivity index (χ4n) is 19.5. The first-order chi connectivity index (χ1) is 69.9. The van der Waals surface area contributed by atoms with Gasteiger partial charge in [0.2, 0.25) is 29.5 Å². The van der Waals surface area contributed by atoms with E-state index in [1.165, 1.54) is 83.1 Å². The van der Waals surface area contributed by atoms with Gasteiger partial charge in [-0.1, -0.05) is 180 Å². The van der Waals surface area contributed by atoms with Crippen molar-refractivity contribution in [1.29, 1.82) is 0 Å². The van der Waals surface area contributed by atoms with Crippen LogP contribution in [0.1, 0.15) is 241 Å². The molecule has 52 nitrogen and oxygen atoms in total. The highest BCUT2D eigenvalue weighted by molar-refractivity contribution is 5.79. The molecule has 0 aromatic carbocycles. The van der Waals surface area contributed by atoms with Crippen molar-refractivity contribution in [2.45, 2.75) is 484 Å². The van der Waals surface area contributed by atoms with Crippen molar-refractivity contribution in [3.63, 3.8) is 0 Å². The third kappa shape index (κ3) is 36.1. The van der Waals surface area contributed by atoms with Crippen molar-refractivity contribution in [1.82, 2.24) is 26.6 Å². The van der Waals surface area contributed by atoms with E-state index in [0.717, 1.165) is 111 Å². The van der Waals surface area contributed by atoms with E-state index in [9.17, 15) is 166 Å². The SMILES string of the molecule is CCCCCCCCCCCCCC=CC(O)C(COC1OC(CO)C(OC2OC(CO)C(OC3OC(CO)C(O)C(OC4OC(CO)C(O)C(OC5(C(=O)O)CC(O)C(NC(C)=O)C(C(O)C(O)CO)O5)C4O)C3NC(C)=O)C(OC3(C(=O)O)CC(O)C(NC(C)=O)C(C(O)C(CO)OC4(C(=O)O)CC(O)C(NC(C)=O)C(C(O)C(O)CO)O4)O3)C2O)C(O)C1O)NC(=O)CCCCCCCCCCCCCCCCC. The Morgan fingerprint density at radius 1 is 0.367 bits per heavy atom. The number of unbranched alkanes of at least 4 members (excludes halogenated alkanes) is 25. The molecule has 30 N–H and O–H groups in total. The zero-order chi connectivity index (χ0) is 109. The fourth-order valence-corrected chi connectivity index (χ4v) is 19.5. The van der Waals surface area contributed by atoms with Crippen LogP contribution in [0.3, 0.4) is 0 Å². The van der Waals surface area contributed by atoms with Crippen LogP contribution in [0, 0.1) is 0 Å². The minimum Gasteiger partial charge on any atom is -0.477 e. The fraction of sp³-hybridized carbons (Fsp3) is 0.895. The Morgan fingerprint density at radius 2 is 0.714 bits per heavy atom. The highest BCUT2D eigenvalue weighted by Crippen LogP contribution is 2.45. The third-order valence-electron chi connectivity index (χ3n) is 27.6. The van der Waals surface area contributed by atoms with Gasteiger partial charge in [0, 0.05) is 53.4 Å². The molecule has 7 rings (SSSR count). The van der Waals surface area contributed by atoms with Crippen LogP contribution in [-0.4, -0.2) is 472 Å². The van der Waals surface area contributed by atoms with Gasteiger partial charge in [0.15, 0.2) is 25.2 Å². The number of carbonyl (C=O) groups is 8. The molecule has 147 heavy (non-hydrogen) atoms. The monoisotopic (exact) mass is 2130 g/mol. The molecule has 0 radical (unpaired) electrons. The Labute approximate surface area is 852 Å². The zero-order valence-corrected chi connectivity index (χ0v) is 84.3. The third-order valence-corrected chi connectivity index (χ3v) is 27.6. The maximum Gasteiger partial charge on any atom is 0.364 e. The number of allylic oxidation sites excluding steroid dienone is 1. The summed E-state index contributed by atoms with van der Waals surface area (Å²) in [4.78, 5) is 107. The van der Waals surface area contributed by atoms with Crippen LogP contribution >= 0.6 is 0 Å². The number of aliphatic carboxylic acids is 3. The summed E-state index contributed by atoms with van der Waals surface area (Å²) in [5.41, 5.74) is 0. The summed E-state index contributed by atoms with van der Waals surface area (Å²) in [6.45, 7) is -2.28. The van der Waals surface area contributed by atoms with Crippen LogP contribution in [0.4, 0.5) is 0 Å². The lowest BCUT2D eigenvalue weighted by Gasteiger charge is -2.53. The van der Waals surface area contributed by atoms with Gasteiger partial charge in [-0.15, -0.1) is 0 Å². The molecule has 0 aromatic heterocycles. The molecule has 7 aliphatic heterocycles. The van der Waals surface area contributed by atoms with Gasteiger partial charge in [-0.25, -0.2) is 14.4 Å². The standard InChI is InChI=1S/C95H165N5O47/c1-7-9-11-13-15-17-19-21-22-24-26-28-30-32-34-36-64(118)100-52(53(112)35-33-31-29-27-25-23-20-18-16-14-12-10-8-2)47-134-87-75(125)74(124)78(62(45-106)137-87)139-89-77(127)85(147-95(92(132)133)39-56(115)67(98-50(5)110)83(145-95)73(123)61(44-105)142-93(90(128)129)37-54(113)65(96-48(3)108)81(143-93)69(119)57(116)40-101)79(63(46-107)138-89)140-86-68(99-51(6)111)80(71(121)59(42-103)135-86)141-88-76(126)84(72(122)60(43-104)136-88)146-94(91(130)131)38-55(114)66(97-49(4)109)82(144-94)70(120)58(117)41-102/h33,35,52-63,65-89,101-107,112-117,119-127H,7-32,34,36-47H2,1-6H3,(H,96,108)(H,97,109)(H,98,110)(H,99,111)(H,100,118)(H,128,129)(H,130,131)(H,132,133). The highest BCUT2D eigenvalue weighted by Gasteiger charge is 2.66. The number of nitrogens with one attached hydrogen (secondary N) is 5. The van der Waals surface area contributed by atoms with Crippen molar-refractivity contribution in [3.05, 3.63) is 12.2 Å². The van der Waals surface area contributed by atoms with E-state index >= 15 is 0 Å². The predicted molar refractivity (Wildman–Crippen MR) is 501 cm³/mol. The van der Waals surface area contributed by atoms with Gasteiger partial charge < -0.3 is 221 Å². The minimum absolute atomic E-state index is 0.0461. The van der Waals surface area contributed by atoms with Gasteiger partial charge in [0.05, 0.1) is 101 Å². The van der Waals surface area contributed by atoms with Gasteiger partial charge in [0.1, 0.15) is 153 Å². The number of hydrogen-bond donors (Lipinski definition) is 30. The van der Waals surface area contributed by atoms with Crippen molar-refractivity contribution in [2.24, 2.45) is 0 Å². The van der Waals surface area contributed by atoms with E-state index < -0.39 is 363 Å². The van der Waals surface area contributed by atoms with E-state index in [2.05, 4.69) is 40.4 Å². The second kappa shape index (κ2) is 63.2. The maximum absolute atomic E-state index is 14.6. The van der Waals surface area contributed by atoms with Crippen LogP contribution < -0.4 is 26.6 Å². The molecule has 0 aromatic rings. The van der Waals surface area contributed by atoms with Crippen molar-refractivity contribution >= 4 is 47.4 Å². The van der Waals surface area contributed by atoms with E-state index in [0.29, 0.717) is 12.8 Å². The quantitative estimate of drug-likeness (QED) is 0.0199. The summed E-state index contributed by atoms with van der Waals surface area (Å²) in [6.07, 6.45) is -48.1. The lowest BCUT2D eigenvalue weighted by molar-refractivity contribution is -0.405. The predicted octanol–water partition coefficient (Wildman–Crippen LogP) is -6.69. The Kier molecular flexibility index (Phi) is 55.0. The summed E-state index contributed by atoms with van der Waals surface area (Å²) in [7, 11) is 0. The lowest BCUT2D eigenvalue weighted by atomic mass is 9.87. The highest BCUT2D eigenvalue weighted by atomic mass is 16.8. The number of carboxylic acid groups (broad SMARTS) is 3. The van der Waals surface area contributed by atoms with E-state index in [4.69, 9.17) is 66.3 Å². The summed E-state index contributed by atoms with van der Waals surface area (Å²) in [6, 6.07) is -9.38. The minimum atomic E-state index is -3.81. The summed E-state index contributed by atoms with van der Waals surface area (Å²) >= 11 is 0. The Hall–Kier alpha value is -5.94. The number of ether oxygens (including phenoxy) is 14. The number of amides is 5. The number of carboxylic acids is 3. The molecule has 5 amide bonds. The van der Waals surface area contributed by atoms with Gasteiger partial charge in [-0.3, -0.25) is 24.0 Å². The normalized spacial score (nSPS) is 35.5. The smallest absolute Gasteiger partial charge is 0.364 e. The van der Waals surface area contributed by atoms with Crippen LogP contribution in [0.2, 0.25) is 0 Å². The second-order valence-electron chi connectivity index (χ2n) is 39.2. The molecular formula is C95H165N5O47. The molecule has 0 aliphatic carbocycles. The van der Waals surface area contributed by atoms with E-state index in [1.54, 1.807) is 6.08 Å². The van der Waals surface area contributed by atoms with Gasteiger partial charge in [-0.05, 0) is 19.3 Å². The van der Waals surface area contributed by atoms with E-state index in [1.807, 2.05) is 0 Å². The molecule has 852 valence electrons. The van der Waals surface area contributed by atoms with Crippen LogP contribution in [-0.2, 0) is 105 Å². The van der Waals surface area contributed by atoms with Crippen LogP contribution in [0.15, 0.2) is 12.2 Å². The molecule has 7 aliphatic rings. The van der Waals surface area contributed by atoms with Crippen LogP contribution in [0.25, 0.3) is 0 Å². The topological polar surface area (TPSA) is 832 Å². The first kappa shape index (κ1) is 128. The molecule has 7 heterocycles. The van der Waals surface area contributed by atoms with Crippen molar-refractivity contribution < 1.29 is 232 Å². The van der Waals surface area contributed by atoms with Gasteiger partial charge >= 0.3 is 17.9 Å². The lowest BCUT2D eigenvalue weighted by Crippen LogP contribution is -2.73. The van der Waals surface area contributed by atoms with Crippen molar-refractivity contribution in [3.8, 4) is 0 Å². The molecule has 7 saturated heterocycles. The van der Waals surface area contributed by atoms with Crippen molar-refractivity contribution in [2.75, 3.05) is 52.9 Å². The Morgan fingerprint density at radius 3 is 1.13 bits per heavy atom. The largest absolute Gasteiger partial charge is 0.477 e. The molecule has 0 spiro atoms. The molecule has 7 fully saturated rings. The Balaban J connectivity index is 1.26. The number of aliphatic hydroxyl groups is 22. The van der Waals surface area contributed by atoms with Crippen LogP contribution in [0.5, 0.6) is 0 Å². The first-order valence-corrected chi connectivity index (χ1v) is 51.4.